The van der Waals surface area contributed by atoms with Gasteiger partial charge in [-0.05, 0) is 42.1 Å². The zero-order valence-corrected chi connectivity index (χ0v) is 16.2. The molecule has 0 aliphatic heterocycles. The molecule has 0 aliphatic carbocycles. The molecule has 0 bridgehead atoms. The maximum absolute atomic E-state index is 12.8. The predicted octanol–water partition coefficient (Wildman–Crippen LogP) is 4.71. The van der Waals surface area contributed by atoms with Gasteiger partial charge in [0, 0.05) is 6.07 Å². The molecule has 0 spiro atoms. The van der Waals surface area contributed by atoms with E-state index in [4.69, 9.17) is 0 Å². The Labute approximate surface area is 162 Å². The number of benzene rings is 2. The minimum atomic E-state index is -3.72. The Morgan fingerprint density at radius 2 is 1.70 bits per heavy atom. The van der Waals surface area contributed by atoms with Gasteiger partial charge in [0.15, 0.2) is 0 Å². The van der Waals surface area contributed by atoms with Gasteiger partial charge in [-0.1, -0.05) is 42.5 Å². The van der Waals surface area contributed by atoms with Crippen LogP contribution in [0, 0.1) is 6.92 Å². The number of sulfonamides is 1. The van der Waals surface area contributed by atoms with Crippen molar-refractivity contribution >= 4 is 27.2 Å². The average Bonchev–Trinajstić information content (AvgIpc) is 3.33. The van der Waals surface area contributed by atoms with Gasteiger partial charge in [0.05, 0.1) is 15.5 Å². The number of nitrogens with one attached hydrogen (secondary N) is 1. The Bertz CT molecular complexity index is 1170. The Morgan fingerprint density at radius 1 is 0.963 bits per heavy atom. The first-order valence-electron chi connectivity index (χ1n) is 8.32. The second-order valence-electron chi connectivity index (χ2n) is 6.01. The second-order valence-corrected chi connectivity index (χ2v) is 8.64. The molecule has 0 radical (unpaired) electrons. The molecule has 0 aliphatic rings. The van der Waals surface area contributed by atoms with Crippen molar-refractivity contribution in [3.05, 3.63) is 83.7 Å². The highest BCUT2D eigenvalue weighted by Crippen LogP contribution is 2.30. The lowest BCUT2D eigenvalue weighted by Crippen LogP contribution is -2.16. The van der Waals surface area contributed by atoms with Gasteiger partial charge in [0.2, 0.25) is 0 Å². The van der Waals surface area contributed by atoms with E-state index in [9.17, 15) is 8.42 Å². The van der Waals surface area contributed by atoms with E-state index in [-0.39, 0.29) is 4.90 Å². The second kappa shape index (κ2) is 7.02. The van der Waals surface area contributed by atoms with Crippen LogP contribution in [-0.2, 0) is 10.0 Å². The summed E-state index contributed by atoms with van der Waals surface area (Å²) in [6, 6.07) is 21.7. The van der Waals surface area contributed by atoms with Gasteiger partial charge in [-0.2, -0.15) is 5.10 Å². The Morgan fingerprint density at radius 3 is 2.41 bits per heavy atom. The summed E-state index contributed by atoms with van der Waals surface area (Å²) in [6.07, 6.45) is 0. The van der Waals surface area contributed by atoms with Crippen LogP contribution in [0.5, 0.6) is 0 Å². The van der Waals surface area contributed by atoms with Gasteiger partial charge in [0.25, 0.3) is 10.0 Å². The summed E-state index contributed by atoms with van der Waals surface area (Å²) >= 11 is 1.56. The highest BCUT2D eigenvalue weighted by Gasteiger charge is 2.20. The Balaban J connectivity index is 1.83. The minimum absolute atomic E-state index is 0.209. The lowest BCUT2D eigenvalue weighted by molar-refractivity contribution is 0.600. The molecule has 2 aromatic carbocycles. The molecule has 5 nitrogen and oxygen atoms in total. The number of hydrogen-bond donors (Lipinski definition) is 1. The Kier molecular flexibility index (Phi) is 4.55. The van der Waals surface area contributed by atoms with Crippen molar-refractivity contribution in [2.75, 3.05) is 4.72 Å². The first-order valence-corrected chi connectivity index (χ1v) is 10.7. The zero-order valence-electron chi connectivity index (χ0n) is 14.5. The molecule has 0 saturated heterocycles. The van der Waals surface area contributed by atoms with Gasteiger partial charge in [0.1, 0.15) is 11.5 Å². The number of hydrogen-bond acceptors (Lipinski definition) is 4. The molecule has 136 valence electrons. The quantitative estimate of drug-likeness (QED) is 0.532. The van der Waals surface area contributed by atoms with Crippen LogP contribution in [0.2, 0.25) is 0 Å². The van der Waals surface area contributed by atoms with Crippen molar-refractivity contribution in [3.8, 4) is 16.3 Å². The summed E-state index contributed by atoms with van der Waals surface area (Å²) in [7, 11) is -3.72. The van der Waals surface area contributed by atoms with Gasteiger partial charge < -0.3 is 0 Å². The third kappa shape index (κ3) is 3.51. The molecule has 4 rings (SSSR count). The van der Waals surface area contributed by atoms with E-state index in [0.717, 1.165) is 21.8 Å². The lowest BCUT2D eigenvalue weighted by Gasteiger charge is -2.12. The van der Waals surface area contributed by atoms with E-state index >= 15 is 0 Å². The summed E-state index contributed by atoms with van der Waals surface area (Å²) in [5.41, 5.74) is 2.54. The molecule has 0 unspecified atom stereocenters. The fourth-order valence-electron chi connectivity index (χ4n) is 2.78. The van der Waals surface area contributed by atoms with Crippen molar-refractivity contribution in [3.63, 3.8) is 0 Å². The number of aromatic nitrogens is 2. The summed E-state index contributed by atoms with van der Waals surface area (Å²) in [4.78, 5) is 1.18. The monoisotopic (exact) mass is 395 g/mol. The number of para-hydroxylation sites is 1. The number of anilines is 1. The Hall–Kier alpha value is -2.90. The molecule has 0 atom stereocenters. The maximum Gasteiger partial charge on any atom is 0.263 e. The number of thiophene rings is 1. The van der Waals surface area contributed by atoms with Gasteiger partial charge in [-0.3, -0.25) is 4.72 Å². The normalized spacial score (nSPS) is 11.4. The zero-order chi connectivity index (χ0) is 18.9. The summed E-state index contributed by atoms with van der Waals surface area (Å²) in [6.45, 7) is 1.97. The SMILES string of the molecule is Cc1ccccc1-n1nc(-c2cccs2)cc1NS(=O)(=O)c1ccccc1. The molecule has 0 amide bonds. The molecular weight excluding hydrogens is 378 g/mol. The molecule has 2 heterocycles. The topological polar surface area (TPSA) is 64.0 Å². The molecule has 27 heavy (non-hydrogen) atoms. The molecular formula is C20H17N3O2S2. The summed E-state index contributed by atoms with van der Waals surface area (Å²) in [5, 5.41) is 6.63. The van der Waals surface area contributed by atoms with Crippen LogP contribution in [0.25, 0.3) is 16.3 Å². The van der Waals surface area contributed by atoms with E-state index in [0.29, 0.717) is 5.82 Å². The van der Waals surface area contributed by atoms with E-state index in [1.54, 1.807) is 52.4 Å². The van der Waals surface area contributed by atoms with Crippen molar-refractivity contribution in [1.29, 1.82) is 0 Å². The highest BCUT2D eigenvalue weighted by atomic mass is 32.2. The molecule has 0 saturated carbocycles. The van der Waals surface area contributed by atoms with E-state index in [2.05, 4.69) is 9.82 Å². The largest absolute Gasteiger partial charge is 0.263 e. The van der Waals surface area contributed by atoms with Crippen LogP contribution in [0.15, 0.2) is 83.1 Å². The van der Waals surface area contributed by atoms with Crippen LogP contribution in [-0.4, -0.2) is 18.2 Å². The number of aryl methyl sites for hydroxylation is 1. The standard InChI is InChI=1S/C20H17N3O2S2/c1-15-8-5-6-11-18(15)23-20(14-17(21-23)19-12-7-13-26-19)22-27(24,25)16-9-3-2-4-10-16/h2-14,22H,1H3. The van der Waals surface area contributed by atoms with Gasteiger partial charge in [-0.15, -0.1) is 11.3 Å². The van der Waals surface area contributed by atoms with E-state index in [1.807, 2.05) is 48.7 Å². The van der Waals surface area contributed by atoms with E-state index in [1.165, 1.54) is 0 Å². The molecule has 4 aromatic rings. The third-order valence-electron chi connectivity index (χ3n) is 4.12. The first kappa shape index (κ1) is 17.5. The minimum Gasteiger partial charge on any atom is -0.263 e. The molecule has 7 heteroatoms. The van der Waals surface area contributed by atoms with Crippen LogP contribution >= 0.6 is 11.3 Å². The summed E-state index contributed by atoms with van der Waals surface area (Å²) < 4.78 is 30.0. The number of rotatable bonds is 5. The van der Waals surface area contributed by atoms with Gasteiger partial charge in [-0.25, -0.2) is 13.1 Å². The van der Waals surface area contributed by atoms with Crippen molar-refractivity contribution in [1.82, 2.24) is 9.78 Å². The predicted molar refractivity (Wildman–Crippen MR) is 109 cm³/mol. The summed E-state index contributed by atoms with van der Waals surface area (Å²) in [5.74, 6) is 0.400. The van der Waals surface area contributed by atoms with Crippen molar-refractivity contribution < 1.29 is 8.42 Å². The van der Waals surface area contributed by atoms with Crippen molar-refractivity contribution in [2.45, 2.75) is 11.8 Å². The van der Waals surface area contributed by atoms with E-state index < -0.39 is 10.0 Å². The third-order valence-corrected chi connectivity index (χ3v) is 6.38. The molecule has 1 N–H and O–H groups in total. The average molecular weight is 396 g/mol. The fraction of sp³-hybridized carbons (Fsp3) is 0.0500. The van der Waals surface area contributed by atoms with Crippen LogP contribution in [0.1, 0.15) is 5.56 Å². The maximum atomic E-state index is 12.8. The lowest BCUT2D eigenvalue weighted by atomic mass is 10.2. The smallest absolute Gasteiger partial charge is 0.263 e. The van der Waals surface area contributed by atoms with Crippen LogP contribution < -0.4 is 4.72 Å². The molecule has 2 aromatic heterocycles. The number of nitrogens with zero attached hydrogens (tertiary/aromatic N) is 2. The fourth-order valence-corrected chi connectivity index (χ4v) is 4.51. The first-order chi connectivity index (χ1) is 13.0. The molecule has 0 fully saturated rings. The van der Waals surface area contributed by atoms with Crippen molar-refractivity contribution in [2.24, 2.45) is 0 Å². The van der Waals surface area contributed by atoms with Crippen LogP contribution in [0.3, 0.4) is 0 Å². The highest BCUT2D eigenvalue weighted by molar-refractivity contribution is 7.92. The van der Waals surface area contributed by atoms with Crippen LogP contribution in [0.4, 0.5) is 5.82 Å². The van der Waals surface area contributed by atoms with Gasteiger partial charge >= 0.3 is 0 Å².